The number of ether oxygens (including phenoxy) is 1. The molecule has 15 heavy (non-hydrogen) atoms. The standard InChI is InChI=1S/C10H11N3O2/c1-15-8-3-2-7(5-11)9(4-8)13-6-10(12)14/h2-4,13H,6H2,1H3,(H2,12,14). The average molecular weight is 205 g/mol. The van der Waals surface area contributed by atoms with Crippen molar-refractivity contribution in [1.29, 1.82) is 5.26 Å². The number of nitrogens with zero attached hydrogens (tertiary/aromatic N) is 1. The second kappa shape index (κ2) is 4.86. The number of rotatable bonds is 4. The number of nitrogens with two attached hydrogens (primary N) is 1. The first-order chi connectivity index (χ1) is 7.17. The molecule has 0 aliphatic rings. The molecule has 0 radical (unpaired) electrons. The van der Waals surface area contributed by atoms with Crippen molar-refractivity contribution in [3.63, 3.8) is 0 Å². The topological polar surface area (TPSA) is 88.1 Å². The zero-order chi connectivity index (χ0) is 11.3. The minimum Gasteiger partial charge on any atom is -0.497 e. The first-order valence-electron chi connectivity index (χ1n) is 4.27. The lowest BCUT2D eigenvalue weighted by molar-refractivity contribution is -0.116. The third kappa shape index (κ3) is 2.88. The molecule has 1 rings (SSSR count). The van der Waals surface area contributed by atoms with Gasteiger partial charge in [-0.2, -0.15) is 5.26 Å². The zero-order valence-electron chi connectivity index (χ0n) is 8.28. The van der Waals surface area contributed by atoms with E-state index in [1.54, 1.807) is 18.2 Å². The van der Waals surface area contributed by atoms with Gasteiger partial charge in [-0.05, 0) is 12.1 Å². The Bertz CT molecular complexity index is 410. The number of nitrogens with one attached hydrogen (secondary N) is 1. The number of methoxy groups -OCH3 is 1. The molecule has 0 aromatic heterocycles. The number of carbonyl (C=O) groups is 1. The number of carbonyl (C=O) groups excluding carboxylic acids is 1. The molecule has 0 aliphatic carbocycles. The second-order valence-electron chi connectivity index (χ2n) is 2.84. The fourth-order valence-electron chi connectivity index (χ4n) is 1.08. The van der Waals surface area contributed by atoms with E-state index >= 15 is 0 Å². The number of hydrogen-bond donors (Lipinski definition) is 2. The van der Waals surface area contributed by atoms with Crippen molar-refractivity contribution in [3.8, 4) is 11.8 Å². The number of amides is 1. The molecule has 3 N–H and O–H groups in total. The van der Waals surface area contributed by atoms with Gasteiger partial charge in [-0.3, -0.25) is 4.79 Å². The van der Waals surface area contributed by atoms with Crippen LogP contribution >= 0.6 is 0 Å². The van der Waals surface area contributed by atoms with Gasteiger partial charge in [0.2, 0.25) is 5.91 Å². The van der Waals surface area contributed by atoms with Crippen LogP contribution in [0.25, 0.3) is 0 Å². The Balaban J connectivity index is 2.92. The largest absolute Gasteiger partial charge is 0.497 e. The van der Waals surface area contributed by atoms with Gasteiger partial charge < -0.3 is 15.8 Å². The molecular formula is C10H11N3O2. The third-order valence-corrected chi connectivity index (χ3v) is 1.80. The molecule has 0 saturated carbocycles. The predicted octanol–water partition coefficient (Wildman–Crippen LogP) is 0.464. The van der Waals surface area contributed by atoms with E-state index in [-0.39, 0.29) is 6.54 Å². The molecule has 78 valence electrons. The minimum atomic E-state index is -0.485. The van der Waals surface area contributed by atoms with Crippen LogP contribution in [0.15, 0.2) is 18.2 Å². The molecule has 5 nitrogen and oxygen atoms in total. The van der Waals surface area contributed by atoms with Crippen molar-refractivity contribution in [2.24, 2.45) is 5.73 Å². The molecule has 0 aliphatic heterocycles. The molecule has 0 bridgehead atoms. The maximum absolute atomic E-state index is 10.6. The number of hydrogen-bond acceptors (Lipinski definition) is 4. The number of nitriles is 1. The van der Waals surface area contributed by atoms with Gasteiger partial charge in [0.05, 0.1) is 24.9 Å². The Morgan fingerprint density at radius 1 is 1.67 bits per heavy atom. The predicted molar refractivity (Wildman–Crippen MR) is 55.4 cm³/mol. The lowest BCUT2D eigenvalue weighted by Crippen LogP contribution is -2.22. The van der Waals surface area contributed by atoms with Crippen LogP contribution in [-0.2, 0) is 4.79 Å². The minimum absolute atomic E-state index is 0.0121. The van der Waals surface area contributed by atoms with Gasteiger partial charge in [0.25, 0.3) is 0 Å². The van der Waals surface area contributed by atoms with Crippen LogP contribution in [0.3, 0.4) is 0 Å². The molecule has 1 amide bonds. The molecular weight excluding hydrogens is 194 g/mol. The number of anilines is 1. The van der Waals surface area contributed by atoms with E-state index in [1.165, 1.54) is 7.11 Å². The highest BCUT2D eigenvalue weighted by Crippen LogP contribution is 2.21. The summed E-state index contributed by atoms with van der Waals surface area (Å²) in [6.45, 7) is -0.0121. The van der Waals surface area contributed by atoms with Crippen LogP contribution in [-0.4, -0.2) is 19.6 Å². The van der Waals surface area contributed by atoms with Crippen LogP contribution in [0, 0.1) is 11.3 Å². The first-order valence-corrected chi connectivity index (χ1v) is 4.27. The lowest BCUT2D eigenvalue weighted by Gasteiger charge is -2.07. The fraction of sp³-hybridized carbons (Fsp3) is 0.200. The Labute approximate surface area is 87.4 Å². The molecule has 0 atom stereocenters. The summed E-state index contributed by atoms with van der Waals surface area (Å²) in [7, 11) is 1.53. The monoisotopic (exact) mass is 205 g/mol. The number of benzene rings is 1. The van der Waals surface area contributed by atoms with Gasteiger partial charge in [0.1, 0.15) is 11.8 Å². The SMILES string of the molecule is COc1ccc(C#N)c(NCC(N)=O)c1. The van der Waals surface area contributed by atoms with Gasteiger partial charge in [-0.15, -0.1) is 0 Å². The summed E-state index contributed by atoms with van der Waals surface area (Å²) >= 11 is 0. The van der Waals surface area contributed by atoms with Gasteiger partial charge in [0, 0.05) is 6.07 Å². The Hall–Kier alpha value is -2.22. The lowest BCUT2D eigenvalue weighted by atomic mass is 10.2. The smallest absolute Gasteiger partial charge is 0.236 e. The zero-order valence-corrected chi connectivity index (χ0v) is 8.28. The highest BCUT2D eigenvalue weighted by atomic mass is 16.5. The van der Waals surface area contributed by atoms with E-state index in [4.69, 9.17) is 15.7 Å². The highest BCUT2D eigenvalue weighted by molar-refractivity contribution is 5.79. The Morgan fingerprint density at radius 3 is 2.93 bits per heavy atom. The van der Waals surface area contributed by atoms with E-state index < -0.39 is 5.91 Å². The van der Waals surface area contributed by atoms with Crippen LogP contribution in [0.4, 0.5) is 5.69 Å². The van der Waals surface area contributed by atoms with Crippen molar-refractivity contribution in [1.82, 2.24) is 0 Å². The molecule has 0 fully saturated rings. The van der Waals surface area contributed by atoms with Crippen molar-refractivity contribution < 1.29 is 9.53 Å². The van der Waals surface area contributed by atoms with Crippen molar-refractivity contribution in [3.05, 3.63) is 23.8 Å². The molecule has 1 aromatic carbocycles. The maximum atomic E-state index is 10.6. The molecule has 5 heteroatoms. The van der Waals surface area contributed by atoms with Crippen LogP contribution < -0.4 is 15.8 Å². The Kier molecular flexibility index (Phi) is 3.52. The van der Waals surface area contributed by atoms with E-state index in [0.29, 0.717) is 17.0 Å². The van der Waals surface area contributed by atoms with Crippen molar-refractivity contribution in [2.75, 3.05) is 19.0 Å². The highest BCUT2D eigenvalue weighted by Gasteiger charge is 2.04. The Morgan fingerprint density at radius 2 is 2.40 bits per heavy atom. The van der Waals surface area contributed by atoms with Crippen LogP contribution in [0.2, 0.25) is 0 Å². The third-order valence-electron chi connectivity index (χ3n) is 1.80. The van der Waals surface area contributed by atoms with E-state index in [0.717, 1.165) is 0 Å². The van der Waals surface area contributed by atoms with Gasteiger partial charge in [-0.25, -0.2) is 0 Å². The molecule has 0 saturated heterocycles. The summed E-state index contributed by atoms with van der Waals surface area (Å²) in [6.07, 6.45) is 0. The normalized spacial score (nSPS) is 9.07. The molecule has 0 heterocycles. The van der Waals surface area contributed by atoms with Gasteiger partial charge >= 0.3 is 0 Å². The first kappa shape index (κ1) is 10.9. The van der Waals surface area contributed by atoms with Gasteiger partial charge in [-0.1, -0.05) is 0 Å². The summed E-state index contributed by atoms with van der Waals surface area (Å²) in [5, 5.41) is 11.6. The quantitative estimate of drug-likeness (QED) is 0.747. The van der Waals surface area contributed by atoms with Gasteiger partial charge in [0.15, 0.2) is 0 Å². The summed E-state index contributed by atoms with van der Waals surface area (Å²) in [4.78, 5) is 10.6. The summed E-state index contributed by atoms with van der Waals surface area (Å²) in [5.41, 5.74) is 5.97. The van der Waals surface area contributed by atoms with Crippen molar-refractivity contribution in [2.45, 2.75) is 0 Å². The summed E-state index contributed by atoms with van der Waals surface area (Å²) in [6, 6.07) is 6.93. The number of primary amides is 1. The molecule has 0 spiro atoms. The van der Waals surface area contributed by atoms with E-state index in [9.17, 15) is 4.79 Å². The summed E-state index contributed by atoms with van der Waals surface area (Å²) in [5.74, 6) is 0.127. The average Bonchev–Trinajstić information content (AvgIpc) is 2.25. The van der Waals surface area contributed by atoms with Crippen LogP contribution in [0.1, 0.15) is 5.56 Å². The van der Waals surface area contributed by atoms with E-state index in [2.05, 4.69) is 5.32 Å². The van der Waals surface area contributed by atoms with Crippen LogP contribution in [0.5, 0.6) is 5.75 Å². The molecule has 1 aromatic rings. The van der Waals surface area contributed by atoms with E-state index in [1.807, 2.05) is 6.07 Å². The fourth-order valence-corrected chi connectivity index (χ4v) is 1.08. The summed E-state index contributed by atoms with van der Waals surface area (Å²) < 4.78 is 5.00. The maximum Gasteiger partial charge on any atom is 0.236 e. The van der Waals surface area contributed by atoms with Crippen molar-refractivity contribution >= 4 is 11.6 Å². The second-order valence-corrected chi connectivity index (χ2v) is 2.84. The molecule has 0 unspecified atom stereocenters.